The minimum absolute atomic E-state index is 0.179. The molecule has 1 spiro atoms. The van der Waals surface area contributed by atoms with Crippen LogP contribution < -0.4 is 10.6 Å². The molecule has 0 radical (unpaired) electrons. The highest BCUT2D eigenvalue weighted by molar-refractivity contribution is 6.09. The molecule has 2 N–H and O–H groups in total. The molecule has 0 bridgehead atoms. The van der Waals surface area contributed by atoms with E-state index in [2.05, 4.69) is 36.3 Å². The molecule has 1 saturated carbocycles. The largest absolute Gasteiger partial charge is 0.354 e. The topological polar surface area (TPSA) is 81.8 Å². The van der Waals surface area contributed by atoms with Crippen molar-refractivity contribution < 1.29 is 14.4 Å². The number of nitrogens with one attached hydrogen (secondary N) is 2. The Labute approximate surface area is 174 Å². The molecule has 0 aromatic heterocycles. The molecule has 2 atom stereocenters. The number of amides is 4. The van der Waals surface area contributed by atoms with Gasteiger partial charge in [-0.3, -0.25) is 14.5 Å². The zero-order valence-corrected chi connectivity index (χ0v) is 18.3. The molecule has 2 aliphatic heterocycles. The van der Waals surface area contributed by atoms with Crippen molar-refractivity contribution in [3.8, 4) is 0 Å². The third-order valence-electron chi connectivity index (χ3n) is 7.00. The second-order valence-electron chi connectivity index (χ2n) is 9.66. The van der Waals surface area contributed by atoms with E-state index in [1.54, 1.807) is 0 Å². The number of imide groups is 1. The van der Waals surface area contributed by atoms with Crippen LogP contribution in [0.1, 0.15) is 65.7 Å². The molecule has 3 fully saturated rings. The highest BCUT2D eigenvalue weighted by Crippen LogP contribution is 2.37. The van der Waals surface area contributed by atoms with E-state index in [1.165, 1.54) is 6.42 Å². The van der Waals surface area contributed by atoms with E-state index < -0.39 is 11.6 Å². The Balaban J connectivity index is 1.40. The number of likely N-dealkylation sites (tertiary alicyclic amines) is 1. The van der Waals surface area contributed by atoms with Crippen molar-refractivity contribution in [1.29, 1.82) is 0 Å². The molecule has 3 aliphatic rings. The van der Waals surface area contributed by atoms with Gasteiger partial charge in [0.05, 0.1) is 0 Å². The minimum atomic E-state index is -0.773. The lowest BCUT2D eigenvalue weighted by molar-refractivity contribution is -0.136. The van der Waals surface area contributed by atoms with Crippen LogP contribution in [-0.2, 0) is 9.59 Å². The van der Waals surface area contributed by atoms with Gasteiger partial charge in [-0.05, 0) is 62.8 Å². The number of urea groups is 1. The quantitative estimate of drug-likeness (QED) is 0.502. The van der Waals surface area contributed by atoms with Gasteiger partial charge in [-0.2, -0.15) is 0 Å². The van der Waals surface area contributed by atoms with Crippen LogP contribution in [0, 0.1) is 17.8 Å². The smallest absolute Gasteiger partial charge is 0.325 e. The fourth-order valence-electron chi connectivity index (χ4n) is 5.44. The molecule has 2 unspecified atom stereocenters. The van der Waals surface area contributed by atoms with Crippen LogP contribution in [0.4, 0.5) is 4.79 Å². The zero-order chi connectivity index (χ0) is 21.0. The normalized spacial score (nSPS) is 33.2. The van der Waals surface area contributed by atoms with Gasteiger partial charge < -0.3 is 15.5 Å². The second kappa shape index (κ2) is 9.45. The van der Waals surface area contributed by atoms with Crippen LogP contribution in [-0.4, -0.2) is 65.9 Å². The summed E-state index contributed by atoms with van der Waals surface area (Å²) in [6, 6.07) is -0.420. The van der Waals surface area contributed by atoms with Crippen LogP contribution in [0.25, 0.3) is 0 Å². The molecule has 29 heavy (non-hydrogen) atoms. The molecule has 1 aliphatic carbocycles. The molecule has 3 rings (SSSR count). The predicted molar refractivity (Wildman–Crippen MR) is 112 cm³/mol. The molecular weight excluding hydrogens is 368 g/mol. The zero-order valence-electron chi connectivity index (χ0n) is 18.3. The van der Waals surface area contributed by atoms with Gasteiger partial charge in [0.15, 0.2) is 0 Å². The summed E-state index contributed by atoms with van der Waals surface area (Å²) in [6.07, 6.45) is 6.56. The van der Waals surface area contributed by atoms with Crippen LogP contribution in [0.5, 0.6) is 0 Å². The molecule has 0 aromatic carbocycles. The Morgan fingerprint density at radius 2 is 1.83 bits per heavy atom. The number of rotatable bonds is 7. The van der Waals surface area contributed by atoms with E-state index in [1.807, 2.05) is 0 Å². The Morgan fingerprint density at radius 3 is 2.45 bits per heavy atom. The van der Waals surface area contributed by atoms with Crippen LogP contribution >= 0.6 is 0 Å². The SMILES string of the molecule is CCC1CCC2(CC1)NC(=O)N(CC(=O)NCCCN1CC(C)CC(C)C1)C2=O. The number of nitrogens with zero attached hydrogens (tertiary/aromatic N) is 2. The van der Waals surface area contributed by atoms with E-state index in [0.717, 1.165) is 62.1 Å². The summed E-state index contributed by atoms with van der Waals surface area (Å²) < 4.78 is 0. The van der Waals surface area contributed by atoms with E-state index in [-0.39, 0.29) is 18.4 Å². The van der Waals surface area contributed by atoms with Crippen molar-refractivity contribution in [3.63, 3.8) is 0 Å². The molecule has 4 amide bonds. The van der Waals surface area contributed by atoms with Crippen molar-refractivity contribution in [1.82, 2.24) is 20.4 Å². The first kappa shape index (κ1) is 22.1. The third kappa shape index (κ3) is 5.30. The fraction of sp³-hybridized carbons (Fsp3) is 0.864. The Morgan fingerprint density at radius 1 is 1.17 bits per heavy atom. The van der Waals surface area contributed by atoms with Crippen molar-refractivity contribution >= 4 is 17.8 Å². The second-order valence-corrected chi connectivity index (χ2v) is 9.66. The summed E-state index contributed by atoms with van der Waals surface area (Å²) in [7, 11) is 0. The summed E-state index contributed by atoms with van der Waals surface area (Å²) in [4.78, 5) is 41.1. The minimum Gasteiger partial charge on any atom is -0.354 e. The van der Waals surface area contributed by atoms with Crippen LogP contribution in [0.2, 0.25) is 0 Å². The number of piperidine rings is 1. The average molecular weight is 407 g/mol. The number of carbonyl (C=O) groups excluding carboxylic acids is 3. The van der Waals surface area contributed by atoms with Crippen molar-refractivity contribution in [2.45, 2.75) is 71.3 Å². The summed E-state index contributed by atoms with van der Waals surface area (Å²) in [5.41, 5.74) is -0.773. The van der Waals surface area contributed by atoms with Crippen molar-refractivity contribution in [2.75, 3.05) is 32.7 Å². The number of hydrogen-bond donors (Lipinski definition) is 2. The summed E-state index contributed by atoms with van der Waals surface area (Å²) in [6.45, 7) is 10.4. The lowest BCUT2D eigenvalue weighted by Gasteiger charge is -2.35. The van der Waals surface area contributed by atoms with Gasteiger partial charge in [0, 0.05) is 19.6 Å². The predicted octanol–water partition coefficient (Wildman–Crippen LogP) is 2.36. The Kier molecular flexibility index (Phi) is 7.19. The lowest BCUT2D eigenvalue weighted by atomic mass is 9.75. The molecule has 0 aromatic rings. The highest BCUT2D eigenvalue weighted by Gasteiger charge is 2.52. The molecular formula is C22H38N4O3. The van der Waals surface area contributed by atoms with Gasteiger partial charge in [0.25, 0.3) is 5.91 Å². The first-order valence-electron chi connectivity index (χ1n) is 11.5. The van der Waals surface area contributed by atoms with E-state index in [0.29, 0.717) is 25.3 Å². The van der Waals surface area contributed by atoms with Crippen LogP contribution in [0.15, 0.2) is 0 Å². The molecule has 7 nitrogen and oxygen atoms in total. The Bertz CT molecular complexity index is 605. The standard InChI is InChI=1S/C22H38N4O3/c1-4-18-6-8-22(9-7-18)20(28)26(21(29)24-22)15-19(27)23-10-5-11-25-13-16(2)12-17(3)14-25/h16-18H,4-15H2,1-3H3,(H,23,27)(H,24,29). The van der Waals surface area contributed by atoms with E-state index in [9.17, 15) is 14.4 Å². The first-order chi connectivity index (χ1) is 13.8. The maximum absolute atomic E-state index is 12.9. The fourth-order valence-corrected chi connectivity index (χ4v) is 5.44. The lowest BCUT2D eigenvalue weighted by Crippen LogP contribution is -2.50. The van der Waals surface area contributed by atoms with Gasteiger partial charge >= 0.3 is 6.03 Å². The van der Waals surface area contributed by atoms with Gasteiger partial charge in [-0.15, -0.1) is 0 Å². The maximum Gasteiger partial charge on any atom is 0.325 e. The van der Waals surface area contributed by atoms with Gasteiger partial charge in [0.1, 0.15) is 12.1 Å². The third-order valence-corrected chi connectivity index (χ3v) is 7.00. The number of carbonyl (C=O) groups is 3. The summed E-state index contributed by atoms with van der Waals surface area (Å²) in [5, 5.41) is 5.77. The summed E-state index contributed by atoms with van der Waals surface area (Å²) >= 11 is 0. The molecule has 2 saturated heterocycles. The van der Waals surface area contributed by atoms with Crippen molar-refractivity contribution in [2.24, 2.45) is 17.8 Å². The van der Waals surface area contributed by atoms with Crippen molar-refractivity contribution in [3.05, 3.63) is 0 Å². The number of hydrogen-bond acceptors (Lipinski definition) is 4. The highest BCUT2D eigenvalue weighted by atomic mass is 16.2. The van der Waals surface area contributed by atoms with E-state index >= 15 is 0 Å². The van der Waals surface area contributed by atoms with E-state index in [4.69, 9.17) is 0 Å². The average Bonchev–Trinajstić information content (AvgIpc) is 2.89. The van der Waals surface area contributed by atoms with Gasteiger partial charge in [-0.1, -0.05) is 27.2 Å². The van der Waals surface area contributed by atoms with Gasteiger partial charge in [0.2, 0.25) is 5.91 Å². The first-order valence-corrected chi connectivity index (χ1v) is 11.5. The summed E-state index contributed by atoms with van der Waals surface area (Å²) in [5.74, 6) is 1.62. The molecule has 7 heteroatoms. The van der Waals surface area contributed by atoms with Crippen LogP contribution in [0.3, 0.4) is 0 Å². The maximum atomic E-state index is 12.9. The molecule has 2 heterocycles. The monoisotopic (exact) mass is 406 g/mol. The Hall–Kier alpha value is -1.63. The van der Waals surface area contributed by atoms with Gasteiger partial charge in [-0.25, -0.2) is 4.79 Å². The molecule has 164 valence electrons.